The molecule has 9 nitrogen and oxygen atoms in total. The van der Waals surface area contributed by atoms with Crippen LogP contribution in [0.3, 0.4) is 0 Å². The second-order valence-corrected chi connectivity index (χ2v) is 10.1. The number of carboxylic acid groups (broad SMARTS) is 1. The van der Waals surface area contributed by atoms with Gasteiger partial charge in [0.05, 0.1) is 24.1 Å². The Kier molecular flexibility index (Phi) is 7.11. The average Bonchev–Trinajstić information content (AvgIpc) is 3.58. The van der Waals surface area contributed by atoms with Gasteiger partial charge >= 0.3 is 5.97 Å². The molecule has 2 aromatic heterocycles. The van der Waals surface area contributed by atoms with Crippen LogP contribution in [0.5, 0.6) is 11.6 Å². The number of nitriles is 1. The number of rotatable bonds is 10. The Morgan fingerprint density at radius 1 is 1.24 bits per heavy atom. The summed E-state index contributed by atoms with van der Waals surface area (Å²) in [7, 11) is 0. The maximum Gasteiger partial charge on any atom is 0.306 e. The van der Waals surface area contributed by atoms with Crippen LogP contribution in [0.4, 0.5) is 0 Å². The molecule has 0 amide bonds. The van der Waals surface area contributed by atoms with E-state index in [-0.39, 0.29) is 12.5 Å². The number of aliphatic carboxylic acids is 1. The van der Waals surface area contributed by atoms with Gasteiger partial charge in [0.1, 0.15) is 24.0 Å². The Morgan fingerprint density at radius 3 is 2.74 bits per heavy atom. The molecule has 0 aliphatic heterocycles. The summed E-state index contributed by atoms with van der Waals surface area (Å²) in [6.07, 6.45) is 3.02. The van der Waals surface area contributed by atoms with E-state index in [1.807, 2.05) is 22.8 Å². The summed E-state index contributed by atoms with van der Waals surface area (Å²) in [5.74, 6) is -0.0896. The molecule has 1 aliphatic carbocycles. The van der Waals surface area contributed by atoms with Gasteiger partial charge in [-0.3, -0.25) is 4.79 Å². The third-order valence-corrected chi connectivity index (χ3v) is 6.90. The van der Waals surface area contributed by atoms with Gasteiger partial charge in [-0.05, 0) is 42.3 Å². The molecule has 194 valence electrons. The van der Waals surface area contributed by atoms with Gasteiger partial charge in [-0.1, -0.05) is 42.3 Å². The lowest BCUT2D eigenvalue weighted by Crippen LogP contribution is -2.16. The lowest BCUT2D eigenvalue weighted by Gasteiger charge is -2.13. The monoisotopic (exact) mass is 551 g/mol. The van der Waals surface area contributed by atoms with Crippen molar-refractivity contribution < 1.29 is 19.4 Å². The molecule has 0 radical (unpaired) electrons. The van der Waals surface area contributed by atoms with E-state index in [2.05, 4.69) is 16.0 Å². The lowest BCUT2D eigenvalue weighted by molar-refractivity contribution is -0.141. The predicted molar refractivity (Wildman–Crippen MR) is 141 cm³/mol. The predicted octanol–water partition coefficient (Wildman–Crippen LogP) is 5.77. The molecule has 1 fully saturated rings. The second-order valence-electron chi connectivity index (χ2n) is 9.23. The Hall–Kier alpha value is -3.87. The van der Waals surface area contributed by atoms with E-state index in [1.54, 1.807) is 31.2 Å². The molecule has 1 aliphatic rings. The highest BCUT2D eigenvalue weighted by Crippen LogP contribution is 2.41. The number of benzene rings is 2. The molecule has 0 spiro atoms. The standard InChI is InChI=1S/C27H23Cl2N5O4/c1-16(26(35)36)7-10-37-19-5-6-20(21(29)12-19)23-33-22-24(34(23)13-17-3-2-4-18(28)11-17)31-15-32-25(22)38-27(14-30)8-9-27/h2-6,11-12,15-16H,7-10,13H2,1H3,(H,35,36). The van der Waals surface area contributed by atoms with E-state index in [1.165, 1.54) is 6.33 Å². The highest BCUT2D eigenvalue weighted by Gasteiger charge is 2.47. The van der Waals surface area contributed by atoms with Crippen LogP contribution >= 0.6 is 23.2 Å². The molecule has 4 aromatic rings. The smallest absolute Gasteiger partial charge is 0.306 e. The Labute approximate surface area is 228 Å². The number of ether oxygens (including phenoxy) is 2. The normalized spacial score (nSPS) is 14.6. The quantitative estimate of drug-likeness (QED) is 0.263. The van der Waals surface area contributed by atoms with Gasteiger partial charge in [-0.2, -0.15) is 10.2 Å². The summed E-state index contributed by atoms with van der Waals surface area (Å²) in [4.78, 5) is 24.6. The first-order valence-corrected chi connectivity index (χ1v) is 12.8. The molecule has 1 saturated carbocycles. The molecule has 0 saturated heterocycles. The van der Waals surface area contributed by atoms with Crippen LogP contribution in [0, 0.1) is 17.2 Å². The Morgan fingerprint density at radius 2 is 2.05 bits per heavy atom. The summed E-state index contributed by atoms with van der Waals surface area (Å²) < 4.78 is 13.6. The third-order valence-electron chi connectivity index (χ3n) is 6.35. The van der Waals surface area contributed by atoms with E-state index in [4.69, 9.17) is 42.8 Å². The van der Waals surface area contributed by atoms with Gasteiger partial charge in [-0.15, -0.1) is 0 Å². The van der Waals surface area contributed by atoms with Crippen molar-refractivity contribution >= 4 is 40.3 Å². The molecule has 0 bridgehead atoms. The van der Waals surface area contributed by atoms with Gasteiger partial charge < -0.3 is 19.1 Å². The zero-order valence-electron chi connectivity index (χ0n) is 20.4. The number of fused-ring (bicyclic) bond motifs is 1. The summed E-state index contributed by atoms with van der Waals surface area (Å²) in [5, 5.41) is 19.6. The number of carboxylic acids is 1. The Balaban J connectivity index is 1.53. The van der Waals surface area contributed by atoms with Gasteiger partial charge in [0, 0.05) is 23.4 Å². The van der Waals surface area contributed by atoms with Crippen LogP contribution in [0.2, 0.25) is 10.0 Å². The van der Waals surface area contributed by atoms with Gasteiger partial charge in [0.25, 0.3) is 0 Å². The maximum atomic E-state index is 11.0. The number of aromatic nitrogens is 4. The summed E-state index contributed by atoms with van der Waals surface area (Å²) in [6, 6.07) is 14.9. The van der Waals surface area contributed by atoms with E-state index < -0.39 is 17.5 Å². The molecule has 2 heterocycles. The minimum absolute atomic E-state index is 0.240. The minimum atomic E-state index is -0.882. The van der Waals surface area contributed by atoms with Crippen molar-refractivity contribution in [2.24, 2.45) is 5.92 Å². The summed E-state index contributed by atoms with van der Waals surface area (Å²) in [6.45, 7) is 2.27. The van der Waals surface area contributed by atoms with Crippen molar-refractivity contribution in [2.75, 3.05) is 6.61 Å². The number of imidazole rings is 1. The van der Waals surface area contributed by atoms with Crippen LogP contribution in [-0.2, 0) is 11.3 Å². The van der Waals surface area contributed by atoms with Crippen LogP contribution in [-0.4, -0.2) is 42.8 Å². The number of hydrogen-bond acceptors (Lipinski definition) is 7. The molecule has 1 atom stereocenters. The van der Waals surface area contributed by atoms with E-state index in [0.717, 1.165) is 5.56 Å². The minimum Gasteiger partial charge on any atom is -0.494 e. The van der Waals surface area contributed by atoms with Crippen molar-refractivity contribution in [3.8, 4) is 29.1 Å². The summed E-state index contributed by atoms with van der Waals surface area (Å²) in [5.41, 5.74) is 1.62. The molecule has 1 unspecified atom stereocenters. The van der Waals surface area contributed by atoms with Gasteiger partial charge in [0.2, 0.25) is 5.88 Å². The lowest BCUT2D eigenvalue weighted by atomic mass is 10.1. The molecule has 5 rings (SSSR count). The zero-order chi connectivity index (χ0) is 26.9. The first kappa shape index (κ1) is 25.8. The number of nitrogens with zero attached hydrogens (tertiary/aromatic N) is 5. The maximum absolute atomic E-state index is 11.0. The molecule has 1 N–H and O–H groups in total. The number of halogens is 2. The van der Waals surface area contributed by atoms with E-state index in [0.29, 0.717) is 64.2 Å². The summed E-state index contributed by atoms with van der Waals surface area (Å²) >= 11 is 12.9. The van der Waals surface area contributed by atoms with Crippen LogP contribution < -0.4 is 9.47 Å². The fraction of sp³-hybridized carbons (Fsp3) is 0.296. The van der Waals surface area contributed by atoms with Crippen molar-refractivity contribution in [1.29, 1.82) is 5.26 Å². The molecule has 38 heavy (non-hydrogen) atoms. The molecule has 2 aromatic carbocycles. The zero-order valence-corrected chi connectivity index (χ0v) is 21.9. The highest BCUT2D eigenvalue weighted by molar-refractivity contribution is 6.33. The van der Waals surface area contributed by atoms with Crippen molar-refractivity contribution in [2.45, 2.75) is 38.3 Å². The van der Waals surface area contributed by atoms with Crippen molar-refractivity contribution in [3.05, 3.63) is 64.4 Å². The largest absolute Gasteiger partial charge is 0.494 e. The fourth-order valence-corrected chi connectivity index (χ4v) is 4.41. The molecule has 11 heteroatoms. The van der Waals surface area contributed by atoms with Crippen LogP contribution in [0.1, 0.15) is 31.7 Å². The third kappa shape index (κ3) is 5.37. The van der Waals surface area contributed by atoms with E-state index >= 15 is 0 Å². The average molecular weight is 552 g/mol. The van der Waals surface area contributed by atoms with Crippen LogP contribution in [0.25, 0.3) is 22.6 Å². The topological polar surface area (TPSA) is 123 Å². The molecular formula is C27H23Cl2N5O4. The van der Waals surface area contributed by atoms with Crippen molar-refractivity contribution in [1.82, 2.24) is 19.5 Å². The first-order chi connectivity index (χ1) is 18.3. The highest BCUT2D eigenvalue weighted by atomic mass is 35.5. The first-order valence-electron chi connectivity index (χ1n) is 12.0. The van der Waals surface area contributed by atoms with Crippen molar-refractivity contribution in [3.63, 3.8) is 0 Å². The van der Waals surface area contributed by atoms with Gasteiger partial charge in [0.15, 0.2) is 16.8 Å². The fourth-order valence-electron chi connectivity index (χ4n) is 3.94. The SMILES string of the molecule is CC(CCOc1ccc(-c2nc3c(OC4(C#N)CC4)ncnc3n2Cc2cccc(Cl)c2)c(Cl)c1)C(=O)O. The second kappa shape index (κ2) is 10.5. The van der Waals surface area contributed by atoms with Gasteiger partial charge in [-0.25, -0.2) is 9.97 Å². The number of hydrogen-bond donors (Lipinski definition) is 1. The van der Waals surface area contributed by atoms with Crippen LogP contribution in [0.15, 0.2) is 48.8 Å². The molecular weight excluding hydrogens is 529 g/mol. The number of carbonyl (C=O) groups is 1. The Bertz CT molecular complexity index is 1560. The van der Waals surface area contributed by atoms with E-state index in [9.17, 15) is 10.1 Å².